The minimum absolute atomic E-state index is 0.195. The van der Waals surface area contributed by atoms with E-state index in [-0.39, 0.29) is 16.3 Å². The van der Waals surface area contributed by atoms with Gasteiger partial charge in [-0.1, -0.05) is 19.3 Å². The number of nitro benzene ring substituents is 1. The molecule has 0 aliphatic heterocycles. The van der Waals surface area contributed by atoms with Crippen molar-refractivity contribution in [1.29, 1.82) is 0 Å². The van der Waals surface area contributed by atoms with E-state index in [4.69, 9.17) is 4.74 Å². The molecule has 1 aliphatic rings. The highest BCUT2D eigenvalue weighted by molar-refractivity contribution is 7.89. The average molecular weight is 385 g/mol. The van der Waals surface area contributed by atoms with Crippen LogP contribution in [0.25, 0.3) is 0 Å². The topological polar surface area (TPSA) is 128 Å². The molecule has 9 nitrogen and oxygen atoms in total. The van der Waals surface area contributed by atoms with Gasteiger partial charge in [-0.15, -0.1) is 0 Å². The molecule has 1 fully saturated rings. The van der Waals surface area contributed by atoms with Crippen molar-refractivity contribution in [3.63, 3.8) is 0 Å². The van der Waals surface area contributed by atoms with Crippen LogP contribution in [-0.4, -0.2) is 39.5 Å². The summed E-state index contributed by atoms with van der Waals surface area (Å²) in [6, 6.07) is 3.48. The lowest BCUT2D eigenvalue weighted by Crippen LogP contribution is -2.31. The highest BCUT2D eigenvalue weighted by Crippen LogP contribution is 2.27. The number of nitrogens with one attached hydrogen (secondary N) is 2. The molecule has 1 aliphatic carbocycles. The van der Waals surface area contributed by atoms with Crippen molar-refractivity contribution in [2.75, 3.05) is 25.5 Å². The summed E-state index contributed by atoms with van der Waals surface area (Å²) >= 11 is 0. The zero-order valence-corrected chi connectivity index (χ0v) is 15.4. The van der Waals surface area contributed by atoms with Crippen LogP contribution in [0.3, 0.4) is 0 Å². The van der Waals surface area contributed by atoms with Crippen molar-refractivity contribution < 1.29 is 22.9 Å². The third kappa shape index (κ3) is 5.40. The van der Waals surface area contributed by atoms with E-state index in [1.54, 1.807) is 0 Å². The first kappa shape index (κ1) is 20.1. The second-order valence-electron chi connectivity index (χ2n) is 6.20. The maximum Gasteiger partial charge on any atom is 0.321 e. The molecule has 10 heteroatoms. The van der Waals surface area contributed by atoms with Gasteiger partial charge in [0.25, 0.3) is 5.69 Å². The molecule has 0 radical (unpaired) electrons. The maximum absolute atomic E-state index is 12.3. The summed E-state index contributed by atoms with van der Waals surface area (Å²) in [6.45, 7) is -0.223. The van der Waals surface area contributed by atoms with Gasteiger partial charge in [0, 0.05) is 13.1 Å². The van der Waals surface area contributed by atoms with Crippen LogP contribution in [0.4, 0.5) is 11.4 Å². The van der Waals surface area contributed by atoms with E-state index in [0.29, 0.717) is 12.5 Å². The number of hydrogen-bond acceptors (Lipinski definition) is 7. The molecule has 2 N–H and O–H groups in total. The molecule has 1 aromatic carbocycles. The van der Waals surface area contributed by atoms with Crippen LogP contribution in [0.15, 0.2) is 23.1 Å². The summed E-state index contributed by atoms with van der Waals surface area (Å²) in [4.78, 5) is 21.8. The van der Waals surface area contributed by atoms with Gasteiger partial charge in [0.05, 0.1) is 16.4 Å². The molecule has 1 aromatic rings. The van der Waals surface area contributed by atoms with Gasteiger partial charge in [0.2, 0.25) is 10.0 Å². The van der Waals surface area contributed by atoms with Crippen molar-refractivity contribution in [3.8, 4) is 0 Å². The Morgan fingerprint density at radius 1 is 1.31 bits per heavy atom. The third-order valence-electron chi connectivity index (χ3n) is 4.36. The quantitative estimate of drug-likeness (QED) is 0.398. The van der Waals surface area contributed by atoms with E-state index in [9.17, 15) is 23.3 Å². The predicted octanol–water partition coefficient (Wildman–Crippen LogP) is 2.04. The Bertz CT molecular complexity index is 759. The molecule has 0 unspecified atom stereocenters. The first-order valence-corrected chi connectivity index (χ1v) is 9.93. The SMILES string of the molecule is CNc1ccc(S(=O)(=O)NCC(=O)OCC2CCCCC2)cc1[N+](=O)[O-]. The normalized spacial score (nSPS) is 15.4. The van der Waals surface area contributed by atoms with Crippen LogP contribution in [0.1, 0.15) is 32.1 Å². The number of nitrogens with zero attached hydrogens (tertiary/aromatic N) is 1. The minimum Gasteiger partial charge on any atom is -0.464 e. The average Bonchev–Trinajstić information content (AvgIpc) is 2.65. The fourth-order valence-electron chi connectivity index (χ4n) is 2.89. The fourth-order valence-corrected chi connectivity index (χ4v) is 3.88. The van der Waals surface area contributed by atoms with Crippen molar-refractivity contribution in [2.45, 2.75) is 37.0 Å². The largest absolute Gasteiger partial charge is 0.464 e. The molecule has 144 valence electrons. The van der Waals surface area contributed by atoms with Gasteiger partial charge in [-0.2, -0.15) is 4.72 Å². The lowest BCUT2D eigenvalue weighted by Gasteiger charge is -2.21. The molecule has 0 aromatic heterocycles. The van der Waals surface area contributed by atoms with E-state index >= 15 is 0 Å². The van der Waals surface area contributed by atoms with E-state index < -0.39 is 27.5 Å². The Balaban J connectivity index is 1.94. The number of nitro groups is 1. The number of carbonyl (C=O) groups is 1. The molecular formula is C16H23N3O6S. The highest BCUT2D eigenvalue weighted by atomic mass is 32.2. The van der Waals surface area contributed by atoms with Crippen LogP contribution in [0.5, 0.6) is 0 Å². The summed E-state index contributed by atoms with van der Waals surface area (Å²) in [5, 5.41) is 13.7. The number of benzene rings is 1. The molecule has 0 saturated heterocycles. The standard InChI is InChI=1S/C16H23N3O6S/c1-17-14-8-7-13(9-15(14)19(21)22)26(23,24)18-10-16(20)25-11-12-5-3-2-4-6-12/h7-9,12,17-18H,2-6,10-11H2,1H3. The number of carbonyl (C=O) groups excluding carboxylic acids is 1. The van der Waals surface area contributed by atoms with Crippen LogP contribution >= 0.6 is 0 Å². The first-order valence-electron chi connectivity index (χ1n) is 8.45. The van der Waals surface area contributed by atoms with Gasteiger partial charge in [-0.3, -0.25) is 14.9 Å². The second kappa shape index (κ2) is 8.95. The maximum atomic E-state index is 12.3. The highest BCUT2D eigenvalue weighted by Gasteiger charge is 2.22. The fraction of sp³-hybridized carbons (Fsp3) is 0.562. The van der Waals surface area contributed by atoms with Crippen LogP contribution in [0.2, 0.25) is 0 Å². The van der Waals surface area contributed by atoms with E-state index in [0.717, 1.165) is 31.7 Å². The van der Waals surface area contributed by atoms with E-state index in [1.807, 2.05) is 0 Å². The van der Waals surface area contributed by atoms with E-state index in [1.165, 1.54) is 25.6 Å². The number of sulfonamides is 1. The molecule has 0 heterocycles. The second-order valence-corrected chi connectivity index (χ2v) is 7.96. The van der Waals surface area contributed by atoms with E-state index in [2.05, 4.69) is 10.0 Å². The molecule has 0 atom stereocenters. The lowest BCUT2D eigenvalue weighted by molar-refractivity contribution is -0.384. The molecule has 0 bridgehead atoms. The Hall–Kier alpha value is -2.20. The number of ether oxygens (including phenoxy) is 1. The number of esters is 1. The Labute approximate surface area is 152 Å². The Kier molecular flexibility index (Phi) is 6.92. The van der Waals surface area contributed by atoms with Gasteiger partial charge in [-0.25, -0.2) is 8.42 Å². The van der Waals surface area contributed by atoms with Gasteiger partial charge < -0.3 is 10.1 Å². The summed E-state index contributed by atoms with van der Waals surface area (Å²) in [6.07, 6.45) is 5.47. The first-order chi connectivity index (χ1) is 12.3. The third-order valence-corrected chi connectivity index (χ3v) is 5.76. The molecule has 1 saturated carbocycles. The summed E-state index contributed by atoms with van der Waals surface area (Å²) in [5.74, 6) is -0.332. The number of anilines is 1. The van der Waals surface area contributed by atoms with Crippen molar-refractivity contribution in [2.24, 2.45) is 5.92 Å². The summed E-state index contributed by atoms with van der Waals surface area (Å²) < 4.78 is 31.8. The van der Waals surface area contributed by atoms with Crippen molar-refractivity contribution in [1.82, 2.24) is 4.72 Å². The van der Waals surface area contributed by atoms with Gasteiger partial charge in [0.15, 0.2) is 0 Å². The predicted molar refractivity (Wildman–Crippen MR) is 95.4 cm³/mol. The molecule has 0 amide bonds. The Morgan fingerprint density at radius 2 is 2.00 bits per heavy atom. The monoisotopic (exact) mass is 385 g/mol. The van der Waals surface area contributed by atoms with Crippen LogP contribution in [-0.2, 0) is 19.6 Å². The molecule has 0 spiro atoms. The lowest BCUT2D eigenvalue weighted by atomic mass is 9.90. The smallest absolute Gasteiger partial charge is 0.321 e. The van der Waals surface area contributed by atoms with Crippen molar-refractivity contribution in [3.05, 3.63) is 28.3 Å². The molecule has 2 rings (SSSR count). The summed E-state index contributed by atoms with van der Waals surface area (Å²) in [5.41, 5.74) is -0.170. The van der Waals surface area contributed by atoms with Gasteiger partial charge >= 0.3 is 5.97 Å². The van der Waals surface area contributed by atoms with Crippen LogP contribution in [0, 0.1) is 16.0 Å². The Morgan fingerprint density at radius 3 is 2.62 bits per heavy atom. The molecular weight excluding hydrogens is 362 g/mol. The van der Waals surface area contributed by atoms with Gasteiger partial charge in [-0.05, 0) is 30.9 Å². The van der Waals surface area contributed by atoms with Crippen LogP contribution < -0.4 is 10.0 Å². The zero-order chi connectivity index (χ0) is 19.2. The zero-order valence-electron chi connectivity index (χ0n) is 14.6. The van der Waals surface area contributed by atoms with Gasteiger partial charge in [0.1, 0.15) is 12.2 Å². The summed E-state index contributed by atoms with van der Waals surface area (Å²) in [7, 11) is -2.57. The molecule has 26 heavy (non-hydrogen) atoms. The number of hydrogen-bond donors (Lipinski definition) is 2. The van der Waals surface area contributed by atoms with Crippen molar-refractivity contribution >= 4 is 27.4 Å². The minimum atomic E-state index is -4.06. The number of rotatable bonds is 8.